The van der Waals surface area contributed by atoms with Gasteiger partial charge in [-0.3, -0.25) is 9.59 Å². The molecule has 0 spiro atoms. The number of pyridine rings is 1. The van der Waals surface area contributed by atoms with Crippen molar-refractivity contribution in [2.45, 2.75) is 13.1 Å². The van der Waals surface area contributed by atoms with Crippen LogP contribution >= 0.6 is 0 Å². The highest BCUT2D eigenvalue weighted by Gasteiger charge is 2.32. The smallest absolute Gasteiger partial charge is 0.355 e. The van der Waals surface area contributed by atoms with Crippen molar-refractivity contribution < 1.29 is 27.2 Å². The molecule has 10 heteroatoms. The molecule has 0 radical (unpaired) electrons. The SMILES string of the molecule is CNC(=O)c1ccc(-c2cnc(Nc3ccccc3C)c(NC(=O)c3cc(F)cc(C(F)(F)F)c3)c2)cc1. The van der Waals surface area contributed by atoms with Gasteiger partial charge in [0.25, 0.3) is 11.8 Å². The number of carbonyl (C=O) groups is 2. The molecular weight excluding hydrogens is 500 g/mol. The first kappa shape index (κ1) is 26.3. The second-order valence-corrected chi connectivity index (χ2v) is 8.40. The zero-order chi connectivity index (χ0) is 27.4. The minimum Gasteiger partial charge on any atom is -0.355 e. The number of para-hydroxylation sites is 1. The molecule has 3 N–H and O–H groups in total. The molecule has 6 nitrogen and oxygen atoms in total. The van der Waals surface area contributed by atoms with E-state index in [2.05, 4.69) is 20.9 Å². The van der Waals surface area contributed by atoms with Crippen molar-refractivity contribution >= 4 is 29.0 Å². The van der Waals surface area contributed by atoms with Crippen LogP contribution < -0.4 is 16.0 Å². The van der Waals surface area contributed by atoms with Gasteiger partial charge in [-0.1, -0.05) is 30.3 Å². The maximum Gasteiger partial charge on any atom is 0.416 e. The lowest BCUT2D eigenvalue weighted by Crippen LogP contribution is -2.17. The molecule has 0 bridgehead atoms. The average Bonchev–Trinajstić information content (AvgIpc) is 2.89. The predicted octanol–water partition coefficient (Wildman–Crippen LogP) is 6.57. The number of aromatic nitrogens is 1. The highest BCUT2D eigenvalue weighted by molar-refractivity contribution is 6.06. The van der Waals surface area contributed by atoms with E-state index in [1.807, 2.05) is 19.1 Å². The van der Waals surface area contributed by atoms with Crippen molar-refractivity contribution in [3.8, 4) is 11.1 Å². The summed E-state index contributed by atoms with van der Waals surface area (Å²) in [6, 6.07) is 17.2. The maximum absolute atomic E-state index is 13.9. The Kier molecular flexibility index (Phi) is 7.43. The molecule has 0 unspecified atom stereocenters. The summed E-state index contributed by atoms with van der Waals surface area (Å²) in [6.07, 6.45) is -3.27. The van der Waals surface area contributed by atoms with E-state index in [9.17, 15) is 27.2 Å². The van der Waals surface area contributed by atoms with E-state index in [1.165, 1.54) is 7.05 Å². The van der Waals surface area contributed by atoms with Crippen LogP contribution in [0.4, 0.5) is 34.8 Å². The normalized spacial score (nSPS) is 11.1. The summed E-state index contributed by atoms with van der Waals surface area (Å²) >= 11 is 0. The number of halogens is 4. The molecule has 1 aromatic heterocycles. The Labute approximate surface area is 215 Å². The lowest BCUT2D eigenvalue weighted by atomic mass is 10.0. The number of amides is 2. The molecule has 194 valence electrons. The van der Waals surface area contributed by atoms with Crippen molar-refractivity contribution in [1.82, 2.24) is 10.3 Å². The van der Waals surface area contributed by atoms with E-state index in [0.29, 0.717) is 34.5 Å². The van der Waals surface area contributed by atoms with E-state index in [4.69, 9.17) is 0 Å². The molecule has 4 aromatic rings. The van der Waals surface area contributed by atoms with Gasteiger partial charge in [-0.25, -0.2) is 9.37 Å². The van der Waals surface area contributed by atoms with Gasteiger partial charge in [0.2, 0.25) is 0 Å². The molecule has 0 saturated heterocycles. The summed E-state index contributed by atoms with van der Waals surface area (Å²) in [5.41, 5.74) is 1.65. The molecule has 4 rings (SSSR count). The molecule has 0 aliphatic heterocycles. The molecule has 0 aliphatic carbocycles. The summed E-state index contributed by atoms with van der Waals surface area (Å²) < 4.78 is 53.5. The van der Waals surface area contributed by atoms with Gasteiger partial charge in [0, 0.05) is 35.6 Å². The first-order valence-electron chi connectivity index (χ1n) is 11.4. The van der Waals surface area contributed by atoms with Crippen LogP contribution in [0.15, 0.2) is 79.0 Å². The molecule has 38 heavy (non-hydrogen) atoms. The third kappa shape index (κ3) is 5.97. The van der Waals surface area contributed by atoms with E-state index in [-0.39, 0.29) is 17.4 Å². The predicted molar refractivity (Wildman–Crippen MR) is 137 cm³/mol. The Morgan fingerprint density at radius 3 is 2.18 bits per heavy atom. The Bertz CT molecular complexity index is 1500. The number of anilines is 3. The first-order valence-corrected chi connectivity index (χ1v) is 11.4. The van der Waals surface area contributed by atoms with Gasteiger partial charge in [0.05, 0.1) is 11.3 Å². The highest BCUT2D eigenvalue weighted by Crippen LogP contribution is 2.33. The quantitative estimate of drug-likeness (QED) is 0.250. The van der Waals surface area contributed by atoms with Gasteiger partial charge >= 0.3 is 6.18 Å². The zero-order valence-corrected chi connectivity index (χ0v) is 20.3. The summed E-state index contributed by atoms with van der Waals surface area (Å²) in [7, 11) is 1.52. The number of hydrogen-bond acceptors (Lipinski definition) is 4. The molecule has 0 saturated carbocycles. The van der Waals surface area contributed by atoms with Gasteiger partial charge < -0.3 is 16.0 Å². The summed E-state index contributed by atoms with van der Waals surface area (Å²) in [5.74, 6) is -2.16. The largest absolute Gasteiger partial charge is 0.416 e. The molecule has 0 fully saturated rings. The van der Waals surface area contributed by atoms with E-state index in [1.54, 1.807) is 48.7 Å². The Morgan fingerprint density at radius 1 is 0.816 bits per heavy atom. The summed E-state index contributed by atoms with van der Waals surface area (Å²) in [6.45, 7) is 1.87. The molecule has 0 aliphatic rings. The number of benzene rings is 3. The highest BCUT2D eigenvalue weighted by atomic mass is 19.4. The molecular formula is C28H22F4N4O2. The third-order valence-electron chi connectivity index (χ3n) is 5.73. The number of nitrogens with zero attached hydrogens (tertiary/aromatic N) is 1. The van der Waals surface area contributed by atoms with Gasteiger partial charge in [-0.05, 0) is 60.5 Å². The van der Waals surface area contributed by atoms with Crippen molar-refractivity contribution in [2.24, 2.45) is 0 Å². The lowest BCUT2D eigenvalue weighted by Gasteiger charge is -2.16. The molecule has 3 aromatic carbocycles. The number of alkyl halides is 3. The summed E-state index contributed by atoms with van der Waals surface area (Å²) in [5, 5.41) is 8.22. The Balaban J connectivity index is 1.73. The lowest BCUT2D eigenvalue weighted by molar-refractivity contribution is -0.137. The number of hydrogen-bond donors (Lipinski definition) is 3. The molecule has 0 atom stereocenters. The number of carbonyl (C=O) groups excluding carboxylic acids is 2. The minimum absolute atomic E-state index is 0.156. The van der Waals surface area contributed by atoms with Crippen LogP contribution in [0.1, 0.15) is 31.8 Å². The molecule has 1 heterocycles. The monoisotopic (exact) mass is 522 g/mol. The van der Waals surface area contributed by atoms with Crippen molar-refractivity contribution in [3.63, 3.8) is 0 Å². The van der Waals surface area contributed by atoms with Crippen LogP contribution in [0, 0.1) is 12.7 Å². The van der Waals surface area contributed by atoms with Gasteiger partial charge in [0.1, 0.15) is 5.82 Å². The van der Waals surface area contributed by atoms with Crippen molar-refractivity contribution in [3.05, 3.63) is 107 Å². The Hall–Kier alpha value is -4.73. The van der Waals surface area contributed by atoms with Crippen LogP contribution in [0.25, 0.3) is 11.1 Å². The second-order valence-electron chi connectivity index (χ2n) is 8.40. The van der Waals surface area contributed by atoms with Crippen LogP contribution in [0.5, 0.6) is 0 Å². The number of rotatable bonds is 6. The van der Waals surface area contributed by atoms with Gasteiger partial charge in [-0.15, -0.1) is 0 Å². The standard InChI is InChI=1S/C28H22F4N4O2/c1-16-5-3-4-6-23(16)35-25-24(36-27(38)19-11-21(28(30,31)32)14-22(29)12-19)13-20(15-34-25)17-7-9-18(10-8-17)26(37)33-2/h3-15H,1-2H3,(H,33,37)(H,34,35)(H,36,38). The van der Waals surface area contributed by atoms with E-state index in [0.717, 1.165) is 11.6 Å². The van der Waals surface area contributed by atoms with Gasteiger partial charge in [-0.2, -0.15) is 13.2 Å². The van der Waals surface area contributed by atoms with Crippen LogP contribution in [0.3, 0.4) is 0 Å². The zero-order valence-electron chi connectivity index (χ0n) is 20.3. The fourth-order valence-electron chi connectivity index (χ4n) is 3.70. The fourth-order valence-corrected chi connectivity index (χ4v) is 3.70. The van der Waals surface area contributed by atoms with Crippen molar-refractivity contribution in [1.29, 1.82) is 0 Å². The number of aryl methyl sites for hydroxylation is 1. The van der Waals surface area contributed by atoms with Crippen LogP contribution in [0.2, 0.25) is 0 Å². The number of nitrogens with one attached hydrogen (secondary N) is 3. The van der Waals surface area contributed by atoms with Gasteiger partial charge in [0.15, 0.2) is 5.82 Å². The second kappa shape index (κ2) is 10.7. The van der Waals surface area contributed by atoms with Crippen LogP contribution in [-0.2, 0) is 6.18 Å². The molecule has 2 amide bonds. The summed E-state index contributed by atoms with van der Waals surface area (Å²) in [4.78, 5) is 29.3. The van der Waals surface area contributed by atoms with Crippen LogP contribution in [-0.4, -0.2) is 23.8 Å². The minimum atomic E-state index is -4.82. The third-order valence-corrected chi connectivity index (χ3v) is 5.73. The topological polar surface area (TPSA) is 83.1 Å². The van der Waals surface area contributed by atoms with E-state index < -0.39 is 29.0 Å². The fraction of sp³-hybridized carbons (Fsp3) is 0.107. The average molecular weight is 523 g/mol. The van der Waals surface area contributed by atoms with E-state index >= 15 is 0 Å². The maximum atomic E-state index is 13.9. The van der Waals surface area contributed by atoms with Crippen molar-refractivity contribution in [2.75, 3.05) is 17.7 Å². The Morgan fingerprint density at radius 2 is 1.53 bits per heavy atom. The first-order chi connectivity index (χ1) is 18.0.